The van der Waals surface area contributed by atoms with Gasteiger partial charge in [0, 0.05) is 13.5 Å². The molecule has 1 aromatic carbocycles. The lowest BCUT2D eigenvalue weighted by atomic mass is 10.1. The minimum atomic E-state index is -3.72. The number of benzene rings is 1. The van der Waals surface area contributed by atoms with Crippen LogP contribution in [0.25, 0.3) is 0 Å². The predicted octanol–water partition coefficient (Wildman–Crippen LogP) is 0.357. The number of rotatable bonds is 3. The van der Waals surface area contributed by atoms with Crippen LogP contribution in [-0.4, -0.2) is 29.4 Å². The molecule has 2 atom stereocenters. The normalized spacial score (nSPS) is 21.9. The zero-order valence-corrected chi connectivity index (χ0v) is 11.7. The number of sulfonamides is 1. The van der Waals surface area contributed by atoms with Crippen molar-refractivity contribution in [2.75, 3.05) is 0 Å². The third kappa shape index (κ3) is 2.13. The van der Waals surface area contributed by atoms with E-state index in [-0.39, 0.29) is 5.03 Å². The summed E-state index contributed by atoms with van der Waals surface area (Å²) in [4.78, 5) is 0. The molecule has 1 heterocycles. The molecular formula is C13H15N3O3S. The van der Waals surface area contributed by atoms with Crippen molar-refractivity contribution in [3.05, 3.63) is 47.7 Å². The van der Waals surface area contributed by atoms with Gasteiger partial charge in [-0.15, -0.1) is 0 Å². The van der Waals surface area contributed by atoms with E-state index in [1.807, 2.05) is 24.3 Å². The van der Waals surface area contributed by atoms with Crippen LogP contribution < -0.4 is 4.72 Å². The molecule has 2 N–H and O–H groups in total. The first kappa shape index (κ1) is 13.3. The summed E-state index contributed by atoms with van der Waals surface area (Å²) in [5, 5.41) is 14.0. The van der Waals surface area contributed by atoms with Crippen molar-refractivity contribution in [2.24, 2.45) is 7.05 Å². The first-order valence-electron chi connectivity index (χ1n) is 6.25. The zero-order chi connectivity index (χ0) is 14.3. The van der Waals surface area contributed by atoms with Crippen molar-refractivity contribution in [1.82, 2.24) is 14.5 Å². The fourth-order valence-electron chi connectivity index (χ4n) is 2.57. The van der Waals surface area contributed by atoms with Gasteiger partial charge in [-0.1, -0.05) is 24.3 Å². The Hall–Kier alpha value is -1.70. The van der Waals surface area contributed by atoms with Gasteiger partial charge in [-0.2, -0.15) is 9.82 Å². The van der Waals surface area contributed by atoms with Crippen LogP contribution in [0.4, 0.5) is 0 Å². The van der Waals surface area contributed by atoms with E-state index in [9.17, 15) is 13.5 Å². The first-order chi connectivity index (χ1) is 9.49. The van der Waals surface area contributed by atoms with Crippen LogP contribution in [-0.2, 0) is 23.5 Å². The van der Waals surface area contributed by atoms with E-state index in [2.05, 4.69) is 9.82 Å². The molecule has 0 saturated carbocycles. The Labute approximate surface area is 117 Å². The Balaban J connectivity index is 1.94. The molecule has 7 heteroatoms. The van der Waals surface area contributed by atoms with Crippen molar-refractivity contribution < 1.29 is 13.5 Å². The minimum Gasteiger partial charge on any atom is -0.391 e. The highest BCUT2D eigenvalue weighted by atomic mass is 32.2. The first-order valence-corrected chi connectivity index (χ1v) is 7.73. The van der Waals surface area contributed by atoms with E-state index in [0.717, 1.165) is 11.1 Å². The Morgan fingerprint density at radius 1 is 1.35 bits per heavy atom. The largest absolute Gasteiger partial charge is 0.391 e. The lowest BCUT2D eigenvalue weighted by Crippen LogP contribution is -2.34. The van der Waals surface area contributed by atoms with Crippen molar-refractivity contribution in [1.29, 1.82) is 0 Å². The highest BCUT2D eigenvalue weighted by Gasteiger charge is 2.34. The Morgan fingerprint density at radius 3 is 2.80 bits per heavy atom. The molecule has 3 rings (SSSR count). The van der Waals surface area contributed by atoms with Gasteiger partial charge in [-0.05, 0) is 17.2 Å². The van der Waals surface area contributed by atoms with E-state index in [4.69, 9.17) is 0 Å². The average Bonchev–Trinajstić information content (AvgIpc) is 2.95. The van der Waals surface area contributed by atoms with Gasteiger partial charge in [0.1, 0.15) is 0 Å². The van der Waals surface area contributed by atoms with Gasteiger partial charge in [-0.3, -0.25) is 4.68 Å². The quantitative estimate of drug-likeness (QED) is 0.855. The fourth-order valence-corrected chi connectivity index (χ4v) is 3.94. The molecule has 0 fully saturated rings. The van der Waals surface area contributed by atoms with Gasteiger partial charge in [0.25, 0.3) is 10.0 Å². The highest BCUT2D eigenvalue weighted by Crippen LogP contribution is 2.32. The molecule has 0 spiro atoms. The maximum Gasteiger partial charge on any atom is 0.258 e. The van der Waals surface area contributed by atoms with Crippen LogP contribution in [0.15, 0.2) is 41.6 Å². The van der Waals surface area contributed by atoms with Crippen molar-refractivity contribution in [3.63, 3.8) is 0 Å². The number of aliphatic hydroxyl groups is 1. The monoisotopic (exact) mass is 293 g/mol. The van der Waals surface area contributed by atoms with Crippen molar-refractivity contribution in [3.8, 4) is 0 Å². The second-order valence-corrected chi connectivity index (χ2v) is 6.52. The standard InChI is InChI=1S/C13H15N3O3S/c1-16-12(6-7-14-16)20(18,19)15-13-10-5-3-2-4-9(10)8-11(13)17/h2-7,11,13,15,17H,8H2,1H3/t11-,13+/m1/s1. The average molecular weight is 293 g/mol. The smallest absolute Gasteiger partial charge is 0.258 e. The molecule has 0 unspecified atom stereocenters. The number of nitrogens with one attached hydrogen (secondary N) is 1. The van der Waals surface area contributed by atoms with Gasteiger partial charge in [0.15, 0.2) is 5.03 Å². The van der Waals surface area contributed by atoms with Crippen LogP contribution in [0.2, 0.25) is 0 Å². The summed E-state index contributed by atoms with van der Waals surface area (Å²) in [5.74, 6) is 0. The fraction of sp³-hybridized carbons (Fsp3) is 0.308. The number of aryl methyl sites for hydroxylation is 1. The highest BCUT2D eigenvalue weighted by molar-refractivity contribution is 7.89. The molecule has 0 bridgehead atoms. The molecule has 1 aliphatic carbocycles. The lowest BCUT2D eigenvalue weighted by molar-refractivity contribution is 0.151. The van der Waals surface area contributed by atoms with Gasteiger partial charge in [0.05, 0.1) is 18.3 Å². The van der Waals surface area contributed by atoms with Crippen LogP contribution in [0.3, 0.4) is 0 Å². The maximum absolute atomic E-state index is 12.3. The van der Waals surface area contributed by atoms with Crippen molar-refractivity contribution >= 4 is 10.0 Å². The molecule has 6 nitrogen and oxygen atoms in total. The summed E-state index contributed by atoms with van der Waals surface area (Å²) in [6, 6.07) is 8.26. The third-order valence-electron chi connectivity index (χ3n) is 3.54. The van der Waals surface area contributed by atoms with Gasteiger partial charge >= 0.3 is 0 Å². The zero-order valence-electron chi connectivity index (χ0n) is 10.9. The predicted molar refractivity (Wildman–Crippen MR) is 72.4 cm³/mol. The number of aromatic nitrogens is 2. The van der Waals surface area contributed by atoms with E-state index >= 15 is 0 Å². The summed E-state index contributed by atoms with van der Waals surface area (Å²) in [7, 11) is -2.15. The molecule has 106 valence electrons. The van der Waals surface area contributed by atoms with Gasteiger partial charge in [0.2, 0.25) is 0 Å². The molecule has 20 heavy (non-hydrogen) atoms. The Bertz CT molecular complexity index is 739. The van der Waals surface area contributed by atoms with Crippen molar-refractivity contribution in [2.45, 2.75) is 23.6 Å². The van der Waals surface area contributed by atoms with Gasteiger partial charge < -0.3 is 5.11 Å². The van der Waals surface area contributed by atoms with Crippen LogP contribution in [0.5, 0.6) is 0 Å². The molecular weight excluding hydrogens is 278 g/mol. The molecule has 0 amide bonds. The lowest BCUT2D eigenvalue weighted by Gasteiger charge is -2.17. The number of nitrogens with zero attached hydrogens (tertiary/aromatic N) is 2. The topological polar surface area (TPSA) is 84.2 Å². The molecule has 2 aromatic rings. The summed E-state index contributed by atoms with van der Waals surface area (Å²) in [6.07, 6.45) is 1.12. The molecule has 0 saturated heterocycles. The second-order valence-electron chi connectivity index (χ2n) is 4.86. The van der Waals surface area contributed by atoms with Crippen LogP contribution in [0, 0.1) is 0 Å². The number of hydrogen-bond acceptors (Lipinski definition) is 4. The number of aliphatic hydroxyl groups excluding tert-OH is 1. The number of hydrogen-bond donors (Lipinski definition) is 2. The van der Waals surface area contributed by atoms with Crippen LogP contribution >= 0.6 is 0 Å². The summed E-state index contributed by atoms with van der Waals surface area (Å²) < 4.78 is 28.5. The summed E-state index contributed by atoms with van der Waals surface area (Å²) in [5.41, 5.74) is 1.79. The van der Waals surface area contributed by atoms with E-state index in [1.54, 1.807) is 7.05 Å². The minimum absolute atomic E-state index is 0.0779. The Kier molecular flexibility index (Phi) is 3.12. The third-order valence-corrected chi connectivity index (χ3v) is 5.05. The summed E-state index contributed by atoms with van der Waals surface area (Å²) in [6.45, 7) is 0. The van der Waals surface area contributed by atoms with E-state index in [1.165, 1.54) is 16.9 Å². The number of fused-ring (bicyclic) bond motifs is 1. The molecule has 1 aromatic heterocycles. The molecule has 0 radical (unpaired) electrons. The SMILES string of the molecule is Cn1nccc1S(=O)(=O)N[C@H]1c2ccccc2C[C@H]1O. The van der Waals surface area contributed by atoms with E-state index in [0.29, 0.717) is 6.42 Å². The maximum atomic E-state index is 12.3. The molecule has 1 aliphatic rings. The van der Waals surface area contributed by atoms with Crippen LogP contribution in [0.1, 0.15) is 17.2 Å². The van der Waals surface area contributed by atoms with Gasteiger partial charge in [-0.25, -0.2) is 8.42 Å². The Morgan fingerprint density at radius 2 is 2.10 bits per heavy atom. The molecule has 0 aliphatic heterocycles. The summed E-state index contributed by atoms with van der Waals surface area (Å²) >= 11 is 0. The van der Waals surface area contributed by atoms with E-state index < -0.39 is 22.2 Å². The second kappa shape index (κ2) is 4.69.